The molecular formula is C28H31N5O4S. The SMILES string of the molecule is COc1ccc2ncc(C(=O)N3CCN(S(C)(=O)=O)CC3)c(N3CCC(C#N)(c4ccccc4)CC3)c2c1. The lowest BCUT2D eigenvalue weighted by Gasteiger charge is -2.40. The summed E-state index contributed by atoms with van der Waals surface area (Å²) in [4.78, 5) is 22.3. The number of methoxy groups -OCH3 is 1. The number of piperazine rings is 1. The first-order chi connectivity index (χ1) is 18.3. The number of ether oxygens (including phenoxy) is 1. The Balaban J connectivity index is 1.50. The number of aromatic nitrogens is 1. The molecule has 5 rings (SSSR count). The van der Waals surface area contributed by atoms with E-state index in [4.69, 9.17) is 4.74 Å². The average molecular weight is 534 g/mol. The van der Waals surface area contributed by atoms with Crippen LogP contribution in [0.1, 0.15) is 28.8 Å². The van der Waals surface area contributed by atoms with Crippen LogP contribution in [0.5, 0.6) is 5.75 Å². The van der Waals surface area contributed by atoms with Crippen molar-refractivity contribution in [2.75, 3.05) is 57.5 Å². The Hall–Kier alpha value is -3.68. The molecule has 2 aromatic carbocycles. The smallest absolute Gasteiger partial charge is 0.257 e. The summed E-state index contributed by atoms with van der Waals surface area (Å²) in [6, 6.07) is 18.1. The maximum Gasteiger partial charge on any atom is 0.257 e. The monoisotopic (exact) mass is 533 g/mol. The fourth-order valence-corrected chi connectivity index (χ4v) is 6.34. The summed E-state index contributed by atoms with van der Waals surface area (Å²) in [5.41, 5.74) is 2.44. The number of pyridine rings is 1. The molecule has 1 amide bonds. The molecule has 2 aliphatic heterocycles. The summed E-state index contributed by atoms with van der Waals surface area (Å²) in [5.74, 6) is 0.491. The lowest BCUT2D eigenvalue weighted by molar-refractivity contribution is 0.0698. The van der Waals surface area contributed by atoms with Crippen molar-refractivity contribution in [3.05, 3.63) is 65.9 Å². The molecule has 0 saturated carbocycles. The minimum atomic E-state index is -3.30. The third-order valence-corrected chi connectivity index (χ3v) is 9.05. The molecule has 9 nitrogen and oxygen atoms in total. The number of amides is 1. The van der Waals surface area contributed by atoms with Gasteiger partial charge < -0.3 is 14.5 Å². The fraction of sp³-hybridized carbons (Fsp3) is 0.393. The highest BCUT2D eigenvalue weighted by Crippen LogP contribution is 2.40. The molecule has 0 aliphatic carbocycles. The molecule has 2 aliphatic rings. The summed E-state index contributed by atoms with van der Waals surface area (Å²) >= 11 is 0. The van der Waals surface area contributed by atoms with E-state index in [0.717, 1.165) is 22.2 Å². The molecule has 0 spiro atoms. The molecule has 0 atom stereocenters. The number of piperidine rings is 1. The number of hydrogen-bond acceptors (Lipinski definition) is 7. The third kappa shape index (κ3) is 4.79. The summed E-state index contributed by atoms with van der Waals surface area (Å²) in [5, 5.41) is 11.0. The predicted octanol–water partition coefficient (Wildman–Crippen LogP) is 3.02. The lowest BCUT2D eigenvalue weighted by Crippen LogP contribution is -2.50. The first-order valence-electron chi connectivity index (χ1n) is 12.7. The zero-order valence-electron chi connectivity index (χ0n) is 21.6. The summed E-state index contributed by atoms with van der Waals surface area (Å²) in [6.07, 6.45) is 4.07. The molecule has 1 aromatic heterocycles. The number of nitriles is 1. The number of fused-ring (bicyclic) bond motifs is 1. The Labute approximate surface area is 223 Å². The number of carbonyl (C=O) groups is 1. The van der Waals surface area contributed by atoms with E-state index in [1.165, 1.54) is 10.6 Å². The molecular weight excluding hydrogens is 502 g/mol. The van der Waals surface area contributed by atoms with Crippen molar-refractivity contribution in [2.45, 2.75) is 18.3 Å². The van der Waals surface area contributed by atoms with Gasteiger partial charge in [-0.3, -0.25) is 9.78 Å². The van der Waals surface area contributed by atoms with Crippen molar-refractivity contribution < 1.29 is 17.9 Å². The van der Waals surface area contributed by atoms with Crippen LogP contribution in [0.25, 0.3) is 10.9 Å². The van der Waals surface area contributed by atoms with Crippen molar-refractivity contribution in [3.63, 3.8) is 0 Å². The minimum Gasteiger partial charge on any atom is -0.497 e. The number of sulfonamides is 1. The van der Waals surface area contributed by atoms with Crippen LogP contribution < -0.4 is 9.64 Å². The van der Waals surface area contributed by atoms with E-state index < -0.39 is 15.4 Å². The molecule has 0 N–H and O–H groups in total. The van der Waals surface area contributed by atoms with Crippen molar-refractivity contribution in [1.29, 1.82) is 5.26 Å². The number of anilines is 1. The van der Waals surface area contributed by atoms with Crippen LogP contribution in [-0.2, 0) is 15.4 Å². The quantitative estimate of drug-likeness (QED) is 0.496. The van der Waals surface area contributed by atoms with Gasteiger partial charge in [-0.05, 0) is 36.6 Å². The van der Waals surface area contributed by atoms with Crippen molar-refractivity contribution in [2.24, 2.45) is 0 Å². The molecule has 0 radical (unpaired) electrons. The van der Waals surface area contributed by atoms with Gasteiger partial charge in [-0.25, -0.2) is 8.42 Å². The number of rotatable bonds is 5. The van der Waals surface area contributed by atoms with Gasteiger partial charge in [-0.2, -0.15) is 9.57 Å². The topological polar surface area (TPSA) is 107 Å². The second kappa shape index (κ2) is 10.2. The van der Waals surface area contributed by atoms with Gasteiger partial charge in [0.2, 0.25) is 10.0 Å². The van der Waals surface area contributed by atoms with Crippen LogP contribution in [0, 0.1) is 11.3 Å². The summed E-state index contributed by atoms with van der Waals surface area (Å²) < 4.78 is 30.8. The average Bonchev–Trinajstić information content (AvgIpc) is 2.96. The van der Waals surface area contributed by atoms with Gasteiger partial charge in [0.15, 0.2) is 0 Å². The summed E-state index contributed by atoms with van der Waals surface area (Å²) in [6.45, 7) is 2.35. The van der Waals surface area contributed by atoms with Gasteiger partial charge in [0.1, 0.15) is 5.75 Å². The van der Waals surface area contributed by atoms with Crippen molar-refractivity contribution in [1.82, 2.24) is 14.2 Å². The molecule has 0 unspecified atom stereocenters. The summed E-state index contributed by atoms with van der Waals surface area (Å²) in [7, 11) is -1.70. The fourth-order valence-electron chi connectivity index (χ4n) is 5.51. The van der Waals surface area contributed by atoms with E-state index in [-0.39, 0.29) is 19.0 Å². The highest BCUT2D eigenvalue weighted by molar-refractivity contribution is 7.88. The Morgan fingerprint density at radius 3 is 2.32 bits per heavy atom. The van der Waals surface area contributed by atoms with Gasteiger partial charge in [-0.15, -0.1) is 0 Å². The second-order valence-electron chi connectivity index (χ2n) is 9.90. The Kier molecular flexibility index (Phi) is 6.99. The van der Waals surface area contributed by atoms with Crippen molar-refractivity contribution in [3.8, 4) is 11.8 Å². The molecule has 10 heteroatoms. The van der Waals surface area contributed by atoms with Gasteiger partial charge in [0.25, 0.3) is 5.91 Å². The van der Waals surface area contributed by atoms with Gasteiger partial charge >= 0.3 is 0 Å². The highest BCUT2D eigenvalue weighted by atomic mass is 32.2. The lowest BCUT2D eigenvalue weighted by atomic mass is 9.74. The Bertz CT molecular complexity index is 1490. The molecule has 3 heterocycles. The van der Waals surface area contributed by atoms with E-state index >= 15 is 0 Å². The molecule has 198 valence electrons. The van der Waals surface area contributed by atoms with Gasteiger partial charge in [0.05, 0.1) is 41.6 Å². The number of hydrogen-bond donors (Lipinski definition) is 0. The predicted molar refractivity (Wildman–Crippen MR) is 146 cm³/mol. The largest absolute Gasteiger partial charge is 0.497 e. The Morgan fingerprint density at radius 1 is 1.03 bits per heavy atom. The molecule has 3 aromatic rings. The minimum absolute atomic E-state index is 0.175. The van der Waals surface area contributed by atoms with Crippen LogP contribution in [0.3, 0.4) is 0 Å². The number of benzene rings is 2. The number of carbonyl (C=O) groups excluding carboxylic acids is 1. The van der Waals surface area contributed by atoms with Gasteiger partial charge in [-0.1, -0.05) is 30.3 Å². The van der Waals surface area contributed by atoms with Crippen LogP contribution in [0.2, 0.25) is 0 Å². The molecule has 2 fully saturated rings. The normalized spacial score (nSPS) is 18.2. The first kappa shape index (κ1) is 25.9. The van der Waals surface area contributed by atoms with E-state index in [1.807, 2.05) is 48.5 Å². The second-order valence-corrected chi connectivity index (χ2v) is 11.9. The molecule has 0 bridgehead atoms. The standard InChI is InChI=1S/C28H31N5O4S/c1-37-22-8-9-25-23(18-22)26(31-12-10-28(20-29,11-13-31)21-6-4-3-5-7-21)24(19-30-25)27(34)32-14-16-33(17-15-32)38(2,35)36/h3-9,18-19H,10-17H2,1-2H3. The van der Waals surface area contributed by atoms with Crippen LogP contribution >= 0.6 is 0 Å². The first-order valence-corrected chi connectivity index (χ1v) is 14.5. The molecule has 2 saturated heterocycles. The van der Waals surface area contributed by atoms with Crippen LogP contribution in [-0.4, -0.2) is 81.1 Å². The van der Waals surface area contributed by atoms with E-state index in [9.17, 15) is 18.5 Å². The number of nitrogens with zero attached hydrogens (tertiary/aromatic N) is 5. The zero-order chi connectivity index (χ0) is 26.9. The maximum absolute atomic E-state index is 13.8. The van der Waals surface area contributed by atoms with Gasteiger partial charge in [0, 0.05) is 50.9 Å². The van der Waals surface area contributed by atoms with Crippen LogP contribution in [0.4, 0.5) is 5.69 Å². The van der Waals surface area contributed by atoms with E-state index in [0.29, 0.717) is 50.3 Å². The van der Waals surface area contributed by atoms with E-state index in [2.05, 4.69) is 16.0 Å². The highest BCUT2D eigenvalue weighted by Gasteiger charge is 2.38. The Morgan fingerprint density at radius 2 is 1.71 bits per heavy atom. The third-order valence-electron chi connectivity index (χ3n) is 7.75. The maximum atomic E-state index is 13.8. The molecule has 38 heavy (non-hydrogen) atoms. The van der Waals surface area contributed by atoms with Crippen molar-refractivity contribution >= 4 is 32.5 Å². The van der Waals surface area contributed by atoms with Crippen LogP contribution in [0.15, 0.2) is 54.7 Å². The van der Waals surface area contributed by atoms with E-state index in [1.54, 1.807) is 18.2 Å². The zero-order valence-corrected chi connectivity index (χ0v) is 22.4.